The summed E-state index contributed by atoms with van der Waals surface area (Å²) in [5.41, 5.74) is 28.4. The molecular formula is C82H104Cl2SiZr. The van der Waals surface area contributed by atoms with Crippen LogP contribution in [0.2, 0.25) is 9.26 Å². The van der Waals surface area contributed by atoms with Crippen molar-refractivity contribution in [3.8, 4) is 44.5 Å². The second-order valence-electron chi connectivity index (χ2n) is 35.7. The molecule has 0 amide bonds. The maximum atomic E-state index is 3.05. The van der Waals surface area contributed by atoms with Gasteiger partial charge in [0.25, 0.3) is 0 Å². The van der Waals surface area contributed by atoms with Gasteiger partial charge in [-0.25, -0.2) is 0 Å². The van der Waals surface area contributed by atoms with Crippen LogP contribution in [0.15, 0.2) is 132 Å². The number of allylic oxidation sites excluding steroid dienone is 2. The van der Waals surface area contributed by atoms with Gasteiger partial charge in [0.1, 0.15) is 0 Å². The third kappa shape index (κ3) is 11.1. The Bertz CT molecular complexity index is 3410. The maximum absolute atomic E-state index is 4.57. The zero-order valence-corrected chi connectivity index (χ0v) is 60.7. The number of hydrogen-bond donors (Lipinski definition) is 0. The van der Waals surface area contributed by atoms with E-state index in [9.17, 15) is 0 Å². The smallest absolute Gasteiger partial charge is 0.147 e. The Balaban J connectivity index is 0.00000362. The molecular weight excluding hydrogens is 1180 g/mol. The zero-order valence-electron chi connectivity index (χ0n) is 55.2. The quantitative estimate of drug-likeness (QED) is 0.120. The van der Waals surface area contributed by atoms with Crippen LogP contribution in [-0.2, 0) is 39.1 Å². The van der Waals surface area contributed by atoms with Gasteiger partial charge in [-0.1, -0.05) is 0 Å². The summed E-state index contributed by atoms with van der Waals surface area (Å²) in [5.74, 6) is 5.51. The molecule has 4 heteroatoms. The van der Waals surface area contributed by atoms with Crippen molar-refractivity contribution in [2.24, 2.45) is 46.3 Å². The van der Waals surface area contributed by atoms with Crippen LogP contribution in [0.1, 0.15) is 225 Å². The fraction of sp³-hybridized carbons (Fsp3) is 0.512. The van der Waals surface area contributed by atoms with Crippen LogP contribution in [0.3, 0.4) is 0 Å². The SMILES string of the molecule is CC(C)(C)c1ccc(-c2ccc(-c3ccc(C(C)(C)C)cc3)c3c2C=C(CC24CC5CC(CC(C5)C2)C4)[CH]3[Zr]([CH3])([CH3])(=[SiH2])[CH]2C(CC34CC5CC(CC(C5)C3)C4)=Cc3c(-c4ccc(C(C)(C)C)cc4)ccc(-c4ccc(C(C)(C)C)cc4)c32)cc1.Cl.Cl. The Morgan fingerprint density at radius 1 is 0.349 bits per heavy atom. The molecule has 0 aliphatic heterocycles. The van der Waals surface area contributed by atoms with Gasteiger partial charge in [0.05, 0.1) is 0 Å². The number of fused-ring (bicyclic) bond motifs is 2. The van der Waals surface area contributed by atoms with E-state index in [0.717, 1.165) is 35.5 Å². The van der Waals surface area contributed by atoms with E-state index in [4.69, 9.17) is 0 Å². The molecule has 8 bridgehead atoms. The zero-order chi connectivity index (χ0) is 58.9. The molecule has 8 saturated carbocycles. The Morgan fingerprint density at radius 2 is 0.570 bits per heavy atom. The molecule has 6 aromatic rings. The van der Waals surface area contributed by atoms with E-state index in [2.05, 4.69) is 233 Å². The summed E-state index contributed by atoms with van der Waals surface area (Å²) in [6, 6.07) is 50.1. The monoisotopic (exact) mass is 1280 g/mol. The number of halogens is 2. The minimum atomic E-state index is -4.57. The van der Waals surface area contributed by atoms with Crippen LogP contribution in [0, 0.1) is 46.3 Å². The predicted molar refractivity (Wildman–Crippen MR) is 376 cm³/mol. The van der Waals surface area contributed by atoms with E-state index >= 15 is 0 Å². The first-order valence-electron chi connectivity index (χ1n) is 33.7. The molecule has 0 radical (unpaired) electrons. The molecule has 0 N–H and O–H groups in total. The first-order chi connectivity index (χ1) is 39.5. The molecule has 0 spiro atoms. The minimum absolute atomic E-state index is 0. The van der Waals surface area contributed by atoms with E-state index in [1.54, 1.807) is 22.3 Å². The molecule has 2 unspecified atom stereocenters. The van der Waals surface area contributed by atoms with Crippen molar-refractivity contribution in [2.45, 2.75) is 211 Å². The standard InChI is InChI=1S/2C40H47.2CH3.2ClH.H2Si.Zr/c2*1-38(2,3)32-11-7-30(8-12-32)34-15-16-35(31-9-13-33(14-10-31)39(4,5)6)37-21-29(20-36(34)37)25-40-22-26-17-27(23-40)19-28(18-26)24-40;;;;;;/h2*7-16,20-21,26-28H,17-19,22-25H2,1-6H3;2*1H3;2*1H;1H2;. The van der Waals surface area contributed by atoms with Crippen LogP contribution in [0.5, 0.6) is 0 Å². The molecule has 8 fully saturated rings. The van der Waals surface area contributed by atoms with Gasteiger partial charge < -0.3 is 0 Å². The van der Waals surface area contributed by atoms with E-state index < -0.39 is 17.4 Å². The van der Waals surface area contributed by atoms with E-state index in [1.807, 2.05) is 11.1 Å². The molecule has 454 valence electrons. The molecule has 16 rings (SSSR count). The summed E-state index contributed by atoms with van der Waals surface area (Å²) in [6.45, 7) is 31.1. The molecule has 0 nitrogen and oxygen atoms in total. The summed E-state index contributed by atoms with van der Waals surface area (Å²) in [5, 5.41) is 0. The molecule has 2 atom stereocenters. The fourth-order valence-electron chi connectivity index (χ4n) is 21.2. The van der Waals surface area contributed by atoms with Crippen molar-refractivity contribution >= 4 is 43.8 Å². The van der Waals surface area contributed by atoms with Crippen LogP contribution in [0.25, 0.3) is 56.7 Å². The van der Waals surface area contributed by atoms with Crippen LogP contribution in [0.4, 0.5) is 0 Å². The second-order valence-corrected chi connectivity index (χ2v) is 66.2. The average Bonchev–Trinajstić information content (AvgIpc) is 1.65. The summed E-state index contributed by atoms with van der Waals surface area (Å²) in [6.07, 6.45) is 26.0. The third-order valence-corrected chi connectivity index (χ3v) is 41.6. The summed E-state index contributed by atoms with van der Waals surface area (Å²) in [7, 11) is 0. The van der Waals surface area contributed by atoms with Crippen LogP contribution >= 0.6 is 24.8 Å². The average molecular weight is 1280 g/mol. The van der Waals surface area contributed by atoms with Gasteiger partial charge in [0, 0.05) is 0 Å². The Kier molecular flexibility index (Phi) is 15.7. The third-order valence-electron chi connectivity index (χ3n) is 24.2. The van der Waals surface area contributed by atoms with Gasteiger partial charge >= 0.3 is 515 Å². The van der Waals surface area contributed by atoms with Crippen LogP contribution < -0.4 is 0 Å². The summed E-state index contributed by atoms with van der Waals surface area (Å²) in [4.78, 5) is 0. The van der Waals surface area contributed by atoms with Crippen molar-refractivity contribution in [3.63, 3.8) is 0 Å². The fourth-order valence-corrected chi connectivity index (χ4v) is 40.7. The minimum Gasteiger partial charge on any atom is -0.147 e. The summed E-state index contributed by atoms with van der Waals surface area (Å²) < 4.78 is 6.88. The molecule has 86 heavy (non-hydrogen) atoms. The van der Waals surface area contributed by atoms with E-state index in [-0.39, 0.29) is 46.5 Å². The van der Waals surface area contributed by atoms with Gasteiger partial charge in [0.2, 0.25) is 0 Å². The topological polar surface area (TPSA) is 0 Å². The predicted octanol–water partition coefficient (Wildman–Crippen LogP) is 23.5. The molecule has 10 aliphatic rings. The van der Waals surface area contributed by atoms with Crippen molar-refractivity contribution in [1.29, 1.82) is 0 Å². The largest absolute Gasteiger partial charge is 0.147 e. The van der Waals surface area contributed by atoms with Gasteiger partial charge in [-0.2, -0.15) is 0 Å². The number of benzene rings is 6. The first kappa shape index (κ1) is 62.7. The van der Waals surface area contributed by atoms with Gasteiger partial charge in [-0.3, -0.25) is 0 Å². The number of rotatable bonds is 10. The normalized spacial score (nSPS) is 28.2. The van der Waals surface area contributed by atoms with E-state index in [0.29, 0.717) is 18.1 Å². The Morgan fingerprint density at radius 3 is 0.802 bits per heavy atom. The van der Waals surface area contributed by atoms with Crippen molar-refractivity contribution in [1.82, 2.24) is 0 Å². The maximum Gasteiger partial charge on any atom is -0.147 e. The van der Waals surface area contributed by atoms with Gasteiger partial charge in [-0.15, -0.1) is 24.8 Å². The van der Waals surface area contributed by atoms with Crippen molar-refractivity contribution in [2.75, 3.05) is 0 Å². The summed E-state index contributed by atoms with van der Waals surface area (Å²) >= 11 is -4.57. The molecule has 10 aliphatic carbocycles. The van der Waals surface area contributed by atoms with Crippen LogP contribution in [-0.4, -0.2) is 6.88 Å². The van der Waals surface area contributed by atoms with Gasteiger partial charge in [-0.05, 0) is 0 Å². The molecule has 0 heterocycles. The van der Waals surface area contributed by atoms with Gasteiger partial charge in [0.15, 0.2) is 0 Å². The molecule has 0 aromatic heterocycles. The first-order valence-corrected chi connectivity index (χ1v) is 47.4. The Labute approximate surface area is 535 Å². The number of hydrogen-bond acceptors (Lipinski definition) is 0. The van der Waals surface area contributed by atoms with Crippen molar-refractivity contribution in [3.05, 3.63) is 177 Å². The molecule has 6 aromatic carbocycles. The van der Waals surface area contributed by atoms with E-state index in [1.165, 1.54) is 157 Å². The van der Waals surface area contributed by atoms with Crippen molar-refractivity contribution < 1.29 is 17.4 Å². The molecule has 0 saturated heterocycles. The second kappa shape index (κ2) is 21.6. The Hall–Kier alpha value is -3.52.